The van der Waals surface area contributed by atoms with Gasteiger partial charge < -0.3 is 15.6 Å². The predicted octanol–water partition coefficient (Wildman–Crippen LogP) is 1.58. The molecule has 2 aromatic carbocycles. The molecule has 0 aliphatic rings. The maximum atomic E-state index is 11.8. The monoisotopic (exact) mass is 259 g/mol. The molecule has 1 atom stereocenters. The molecular weight excluding hydrogens is 246 g/mol. The van der Waals surface area contributed by atoms with Crippen LogP contribution in [0.3, 0.4) is 0 Å². The van der Waals surface area contributed by atoms with Gasteiger partial charge in [0.15, 0.2) is 6.10 Å². The van der Waals surface area contributed by atoms with Gasteiger partial charge in [0.05, 0.1) is 0 Å². The lowest BCUT2D eigenvalue weighted by atomic mass is 10.1. The average Bonchev–Trinajstić information content (AvgIpc) is 2.37. The van der Waals surface area contributed by atoms with E-state index in [9.17, 15) is 14.7 Å². The van der Waals surface area contributed by atoms with Gasteiger partial charge in [-0.3, -0.25) is 4.79 Å². The highest BCUT2D eigenvalue weighted by Gasteiger charge is 2.19. The number of fused-ring (bicyclic) bond motifs is 1. The van der Waals surface area contributed by atoms with E-state index < -0.39 is 18.0 Å². The number of hydrogen-bond donors (Lipinski definition) is 2. The van der Waals surface area contributed by atoms with Gasteiger partial charge in [-0.25, -0.2) is 4.79 Å². The Balaban J connectivity index is 2.36. The van der Waals surface area contributed by atoms with E-state index >= 15 is 0 Å². The van der Waals surface area contributed by atoms with Gasteiger partial charge in [0.25, 0.3) is 5.91 Å². The van der Waals surface area contributed by atoms with Crippen LogP contribution in [0, 0.1) is 0 Å². The van der Waals surface area contributed by atoms with Crippen molar-refractivity contribution < 1.29 is 19.4 Å². The number of amides is 1. The number of benzene rings is 2. The lowest BCUT2D eigenvalue weighted by Crippen LogP contribution is -2.30. The van der Waals surface area contributed by atoms with Gasteiger partial charge in [0.1, 0.15) is 11.3 Å². The molecule has 0 radical (unpaired) electrons. The summed E-state index contributed by atoms with van der Waals surface area (Å²) in [7, 11) is 0. The molecule has 0 saturated heterocycles. The van der Waals surface area contributed by atoms with E-state index in [0.717, 1.165) is 10.8 Å². The third-order valence-electron chi connectivity index (χ3n) is 2.77. The van der Waals surface area contributed by atoms with Gasteiger partial charge in [0, 0.05) is 0 Å². The van der Waals surface area contributed by atoms with Crippen LogP contribution in [0.2, 0.25) is 0 Å². The minimum atomic E-state index is -1.04. The van der Waals surface area contributed by atoms with Crippen LogP contribution in [-0.4, -0.2) is 23.1 Å². The third-order valence-corrected chi connectivity index (χ3v) is 2.77. The molecule has 3 N–H and O–H groups in total. The summed E-state index contributed by atoms with van der Waals surface area (Å²) in [6.07, 6.45) is -1.04. The summed E-state index contributed by atoms with van der Waals surface area (Å²) in [5, 5.41) is 11.4. The number of ether oxygens (including phenoxy) is 1. The highest BCUT2D eigenvalue weighted by Crippen LogP contribution is 2.25. The van der Waals surface area contributed by atoms with Crippen LogP contribution in [0.25, 0.3) is 10.8 Å². The summed E-state index contributed by atoms with van der Waals surface area (Å²) in [5.41, 5.74) is 5.02. The van der Waals surface area contributed by atoms with Crippen molar-refractivity contribution >= 4 is 22.6 Å². The Hall–Kier alpha value is -2.56. The smallest absolute Gasteiger partial charge is 0.342 e. The van der Waals surface area contributed by atoms with Crippen molar-refractivity contribution in [2.45, 2.75) is 13.0 Å². The van der Waals surface area contributed by atoms with E-state index in [1.165, 1.54) is 19.1 Å². The number of nitrogens with two attached hydrogens (primary N) is 1. The number of aromatic hydroxyl groups is 1. The van der Waals surface area contributed by atoms with Crippen LogP contribution >= 0.6 is 0 Å². The average molecular weight is 259 g/mol. The Morgan fingerprint density at radius 2 is 1.79 bits per heavy atom. The summed E-state index contributed by atoms with van der Waals surface area (Å²) in [6, 6.07) is 10.3. The van der Waals surface area contributed by atoms with E-state index in [1.807, 2.05) is 24.3 Å². The molecule has 0 unspecified atom stereocenters. The number of rotatable bonds is 3. The summed E-state index contributed by atoms with van der Waals surface area (Å²) in [4.78, 5) is 22.7. The predicted molar refractivity (Wildman–Crippen MR) is 69.7 cm³/mol. The second-order valence-electron chi connectivity index (χ2n) is 4.17. The first-order chi connectivity index (χ1) is 8.99. The first-order valence-corrected chi connectivity index (χ1v) is 5.71. The lowest BCUT2D eigenvalue weighted by Gasteiger charge is -2.11. The Labute approximate surface area is 109 Å². The maximum Gasteiger partial charge on any atom is 0.342 e. The second kappa shape index (κ2) is 4.97. The van der Waals surface area contributed by atoms with E-state index in [-0.39, 0.29) is 11.3 Å². The van der Waals surface area contributed by atoms with Gasteiger partial charge >= 0.3 is 5.97 Å². The molecule has 98 valence electrons. The van der Waals surface area contributed by atoms with Gasteiger partial charge in [-0.05, 0) is 29.8 Å². The number of carbonyl (C=O) groups excluding carboxylic acids is 2. The molecule has 0 aromatic heterocycles. The Morgan fingerprint density at radius 1 is 1.21 bits per heavy atom. The Morgan fingerprint density at radius 3 is 2.37 bits per heavy atom. The number of phenols is 1. The molecular formula is C14H13NO4. The number of esters is 1. The topological polar surface area (TPSA) is 89.6 Å². The van der Waals surface area contributed by atoms with Crippen molar-refractivity contribution in [1.29, 1.82) is 0 Å². The number of phenolic OH excluding ortho intramolecular Hbond substituents is 1. The molecule has 0 aliphatic carbocycles. The van der Waals surface area contributed by atoms with Gasteiger partial charge in [-0.15, -0.1) is 0 Å². The van der Waals surface area contributed by atoms with E-state index in [2.05, 4.69) is 0 Å². The fourth-order valence-electron chi connectivity index (χ4n) is 1.67. The van der Waals surface area contributed by atoms with Gasteiger partial charge in [-0.2, -0.15) is 0 Å². The fraction of sp³-hybridized carbons (Fsp3) is 0.143. The molecule has 2 rings (SSSR count). The molecule has 0 saturated carbocycles. The molecule has 0 aliphatic heterocycles. The second-order valence-corrected chi connectivity index (χ2v) is 4.17. The summed E-state index contributed by atoms with van der Waals surface area (Å²) >= 11 is 0. The first kappa shape index (κ1) is 12.9. The zero-order chi connectivity index (χ0) is 14.0. The van der Waals surface area contributed by atoms with Crippen LogP contribution in [0.4, 0.5) is 0 Å². The normalized spacial score (nSPS) is 12.1. The quantitative estimate of drug-likeness (QED) is 0.819. The maximum absolute atomic E-state index is 11.8. The minimum absolute atomic E-state index is 0.00630. The fourth-order valence-corrected chi connectivity index (χ4v) is 1.67. The van der Waals surface area contributed by atoms with Crippen molar-refractivity contribution in [2.24, 2.45) is 5.73 Å². The van der Waals surface area contributed by atoms with Crippen LogP contribution in [0.15, 0.2) is 36.4 Å². The Bertz CT molecular complexity index is 651. The number of carbonyl (C=O) groups is 2. The van der Waals surface area contributed by atoms with E-state index in [1.54, 1.807) is 0 Å². The number of hydrogen-bond acceptors (Lipinski definition) is 4. The largest absolute Gasteiger partial charge is 0.507 e. The Kier molecular flexibility index (Phi) is 3.37. The zero-order valence-corrected chi connectivity index (χ0v) is 10.3. The molecule has 5 nitrogen and oxygen atoms in total. The highest BCUT2D eigenvalue weighted by atomic mass is 16.5. The molecule has 19 heavy (non-hydrogen) atoms. The van der Waals surface area contributed by atoms with Crippen LogP contribution in [-0.2, 0) is 9.53 Å². The van der Waals surface area contributed by atoms with Crippen molar-refractivity contribution in [1.82, 2.24) is 0 Å². The molecule has 0 heterocycles. The third kappa shape index (κ3) is 2.65. The van der Waals surface area contributed by atoms with Crippen molar-refractivity contribution in [3.63, 3.8) is 0 Å². The molecule has 0 spiro atoms. The van der Waals surface area contributed by atoms with Crippen molar-refractivity contribution in [3.05, 3.63) is 42.0 Å². The molecule has 1 amide bonds. The molecule has 0 fully saturated rings. The highest BCUT2D eigenvalue weighted by molar-refractivity contribution is 5.99. The van der Waals surface area contributed by atoms with Crippen LogP contribution in [0.5, 0.6) is 5.75 Å². The minimum Gasteiger partial charge on any atom is -0.507 e. The van der Waals surface area contributed by atoms with Gasteiger partial charge in [-0.1, -0.05) is 24.3 Å². The zero-order valence-electron chi connectivity index (χ0n) is 10.3. The lowest BCUT2D eigenvalue weighted by molar-refractivity contribution is -0.125. The van der Waals surface area contributed by atoms with Gasteiger partial charge in [0.2, 0.25) is 0 Å². The molecule has 2 aromatic rings. The van der Waals surface area contributed by atoms with E-state index in [0.29, 0.717) is 0 Å². The summed E-state index contributed by atoms with van der Waals surface area (Å²) in [6.45, 7) is 1.37. The molecule has 5 heteroatoms. The van der Waals surface area contributed by atoms with E-state index in [4.69, 9.17) is 10.5 Å². The standard InChI is InChI=1S/C14H13NO4/c1-8(13(15)17)19-14(18)11-6-9-4-2-3-5-10(9)7-12(11)16/h2-8,16H,1H3,(H2,15,17)/t8-/m0/s1. The van der Waals surface area contributed by atoms with Crippen molar-refractivity contribution in [2.75, 3.05) is 0 Å². The molecule has 0 bridgehead atoms. The summed E-state index contributed by atoms with van der Waals surface area (Å²) < 4.78 is 4.85. The van der Waals surface area contributed by atoms with Crippen LogP contribution < -0.4 is 5.73 Å². The summed E-state index contributed by atoms with van der Waals surface area (Å²) in [5.74, 6) is -1.72. The van der Waals surface area contributed by atoms with Crippen LogP contribution in [0.1, 0.15) is 17.3 Å². The first-order valence-electron chi connectivity index (χ1n) is 5.71. The SMILES string of the molecule is C[C@H](OC(=O)c1cc2ccccc2cc1O)C(N)=O. The van der Waals surface area contributed by atoms with Crippen molar-refractivity contribution in [3.8, 4) is 5.75 Å². The number of primary amides is 1.